The molecule has 4 rings (SSSR count). The van der Waals surface area contributed by atoms with Crippen LogP contribution in [0, 0.1) is 0 Å². The van der Waals surface area contributed by atoms with Gasteiger partial charge in [0.2, 0.25) is 0 Å². The standard InChI is InChI=1S/C18H18S4/c1-3-11-5-7-13-15(9-11)21-17(19-13)18-20-14-8-6-12(4-2)10-16(14)22-18/h5-10,17-18H,3-4H2,1-2H3. The third-order valence-corrected chi connectivity index (χ3v) is 10.6. The van der Waals surface area contributed by atoms with Gasteiger partial charge in [0.15, 0.2) is 0 Å². The number of benzene rings is 2. The van der Waals surface area contributed by atoms with Crippen molar-refractivity contribution in [3.8, 4) is 0 Å². The summed E-state index contributed by atoms with van der Waals surface area (Å²) in [6.07, 6.45) is 2.25. The number of hydrogen-bond acceptors (Lipinski definition) is 4. The summed E-state index contributed by atoms with van der Waals surface area (Å²) in [5.41, 5.74) is 2.91. The highest BCUT2D eigenvalue weighted by Crippen LogP contribution is 2.59. The average Bonchev–Trinajstić information content (AvgIpc) is 3.16. The van der Waals surface area contributed by atoms with E-state index in [1.165, 1.54) is 30.7 Å². The van der Waals surface area contributed by atoms with Crippen molar-refractivity contribution < 1.29 is 0 Å². The van der Waals surface area contributed by atoms with Crippen LogP contribution in [0.4, 0.5) is 0 Å². The maximum Gasteiger partial charge on any atom is 0.0814 e. The lowest BCUT2D eigenvalue weighted by Crippen LogP contribution is -2.06. The molecule has 2 atom stereocenters. The van der Waals surface area contributed by atoms with Crippen molar-refractivity contribution in [3.05, 3.63) is 47.5 Å². The normalized spacial score (nSPS) is 22.6. The summed E-state index contributed by atoms with van der Waals surface area (Å²) in [6, 6.07) is 14.0. The lowest BCUT2D eigenvalue weighted by Gasteiger charge is -2.13. The van der Waals surface area contributed by atoms with Gasteiger partial charge in [0.1, 0.15) is 0 Å². The van der Waals surface area contributed by atoms with E-state index in [4.69, 9.17) is 0 Å². The first-order valence-corrected chi connectivity index (χ1v) is 11.2. The molecule has 0 nitrogen and oxygen atoms in total. The van der Waals surface area contributed by atoms with Crippen molar-refractivity contribution in [1.29, 1.82) is 0 Å². The molecule has 2 heterocycles. The molecule has 0 amide bonds. The molecule has 22 heavy (non-hydrogen) atoms. The summed E-state index contributed by atoms with van der Waals surface area (Å²) in [7, 11) is 0. The smallest absolute Gasteiger partial charge is 0.0814 e. The molecular formula is C18H18S4. The Hall–Kier alpha value is -0.160. The maximum absolute atomic E-state index is 2.39. The highest BCUT2D eigenvalue weighted by atomic mass is 32.2. The SMILES string of the molecule is CCc1ccc2c(c1)SC(C1Sc3ccc(CC)cc3S1)S2. The van der Waals surface area contributed by atoms with E-state index < -0.39 is 0 Å². The van der Waals surface area contributed by atoms with Crippen molar-refractivity contribution in [2.24, 2.45) is 0 Å². The second-order valence-corrected chi connectivity index (χ2v) is 10.8. The van der Waals surface area contributed by atoms with E-state index in [1.807, 2.05) is 0 Å². The summed E-state index contributed by atoms with van der Waals surface area (Å²) in [6.45, 7) is 4.47. The molecule has 2 aliphatic heterocycles. The third kappa shape index (κ3) is 2.83. The fraction of sp³-hybridized carbons (Fsp3) is 0.333. The Balaban J connectivity index is 1.51. The van der Waals surface area contributed by atoms with Crippen LogP contribution in [0.2, 0.25) is 0 Å². The minimum atomic E-state index is 0.620. The van der Waals surface area contributed by atoms with Gasteiger partial charge in [-0.25, -0.2) is 0 Å². The predicted octanol–water partition coefficient (Wildman–Crippen LogP) is 6.56. The number of fused-ring (bicyclic) bond motifs is 2. The van der Waals surface area contributed by atoms with Gasteiger partial charge in [-0.3, -0.25) is 0 Å². The minimum absolute atomic E-state index is 0.620. The molecule has 0 fully saturated rings. The van der Waals surface area contributed by atoms with Crippen molar-refractivity contribution in [3.63, 3.8) is 0 Å². The molecule has 0 N–H and O–H groups in total. The Bertz CT molecular complexity index is 649. The molecule has 0 saturated heterocycles. The summed E-state index contributed by atoms with van der Waals surface area (Å²) in [4.78, 5) is 5.92. The first kappa shape index (κ1) is 15.4. The van der Waals surface area contributed by atoms with Crippen molar-refractivity contribution in [2.75, 3.05) is 0 Å². The first-order valence-electron chi connectivity index (χ1n) is 7.69. The zero-order valence-corrected chi connectivity index (χ0v) is 15.9. The van der Waals surface area contributed by atoms with Gasteiger partial charge in [-0.2, -0.15) is 0 Å². The summed E-state index contributed by atoms with van der Waals surface area (Å²) in [5, 5.41) is 0. The van der Waals surface area contributed by atoms with Gasteiger partial charge in [-0.1, -0.05) is 26.0 Å². The van der Waals surface area contributed by atoms with Crippen LogP contribution in [0.25, 0.3) is 0 Å². The summed E-state index contributed by atoms with van der Waals surface area (Å²) in [5.74, 6) is 0. The van der Waals surface area contributed by atoms with Crippen LogP contribution in [0.1, 0.15) is 25.0 Å². The third-order valence-electron chi connectivity index (χ3n) is 4.03. The minimum Gasteiger partial charge on any atom is -0.108 e. The highest BCUT2D eigenvalue weighted by Gasteiger charge is 2.36. The first-order chi connectivity index (χ1) is 10.8. The number of thioether (sulfide) groups is 4. The Morgan fingerprint density at radius 3 is 1.45 bits per heavy atom. The van der Waals surface area contributed by atoms with Crippen LogP contribution < -0.4 is 0 Å². The van der Waals surface area contributed by atoms with Crippen molar-refractivity contribution >= 4 is 47.0 Å². The second-order valence-electron chi connectivity index (χ2n) is 5.48. The van der Waals surface area contributed by atoms with Crippen molar-refractivity contribution in [1.82, 2.24) is 0 Å². The Kier molecular flexibility index (Phi) is 4.46. The lowest BCUT2D eigenvalue weighted by atomic mass is 10.2. The van der Waals surface area contributed by atoms with Gasteiger partial charge in [0, 0.05) is 19.6 Å². The molecule has 4 heteroatoms. The summed E-state index contributed by atoms with van der Waals surface area (Å²) >= 11 is 8.24. The molecule has 0 radical (unpaired) electrons. The molecule has 2 aliphatic rings. The molecule has 0 spiro atoms. The fourth-order valence-corrected chi connectivity index (χ4v) is 9.13. The Labute approximate surface area is 149 Å². The Morgan fingerprint density at radius 2 is 1.05 bits per heavy atom. The average molecular weight is 363 g/mol. The Morgan fingerprint density at radius 1 is 0.636 bits per heavy atom. The summed E-state index contributed by atoms with van der Waals surface area (Å²) < 4.78 is 1.24. The van der Waals surface area contributed by atoms with Crippen LogP contribution in [0.15, 0.2) is 56.0 Å². The van der Waals surface area contributed by atoms with Crippen molar-refractivity contribution in [2.45, 2.75) is 55.4 Å². The molecule has 2 unspecified atom stereocenters. The topological polar surface area (TPSA) is 0 Å². The quantitative estimate of drug-likeness (QED) is 0.606. The monoisotopic (exact) mass is 362 g/mol. The van der Waals surface area contributed by atoms with Gasteiger partial charge >= 0.3 is 0 Å². The van der Waals surface area contributed by atoms with Gasteiger partial charge in [-0.15, -0.1) is 47.0 Å². The van der Waals surface area contributed by atoms with Crippen LogP contribution in [0.5, 0.6) is 0 Å². The molecule has 2 aromatic carbocycles. The molecule has 114 valence electrons. The number of hydrogen-bond donors (Lipinski definition) is 0. The molecule has 0 aliphatic carbocycles. The second kappa shape index (κ2) is 6.39. The molecule has 0 saturated carbocycles. The zero-order chi connectivity index (χ0) is 15.1. The van der Waals surface area contributed by atoms with E-state index in [9.17, 15) is 0 Å². The van der Waals surface area contributed by atoms with Crippen LogP contribution in [0.3, 0.4) is 0 Å². The molecule has 2 aromatic rings. The van der Waals surface area contributed by atoms with E-state index >= 15 is 0 Å². The van der Waals surface area contributed by atoms with Gasteiger partial charge in [-0.05, 0) is 48.2 Å². The van der Waals surface area contributed by atoms with Crippen LogP contribution in [-0.4, -0.2) is 9.16 Å². The van der Waals surface area contributed by atoms with E-state index in [1.54, 1.807) is 0 Å². The van der Waals surface area contributed by atoms with Gasteiger partial charge < -0.3 is 0 Å². The fourth-order valence-electron chi connectivity index (χ4n) is 2.69. The maximum atomic E-state index is 2.39. The molecule has 0 aromatic heterocycles. The van der Waals surface area contributed by atoms with Crippen LogP contribution in [-0.2, 0) is 12.8 Å². The van der Waals surface area contributed by atoms with Gasteiger partial charge in [0.05, 0.1) is 9.16 Å². The van der Waals surface area contributed by atoms with E-state index in [-0.39, 0.29) is 0 Å². The molecule has 0 bridgehead atoms. The van der Waals surface area contributed by atoms with E-state index in [0.717, 1.165) is 12.8 Å². The number of aryl methyl sites for hydroxylation is 2. The van der Waals surface area contributed by atoms with Crippen LogP contribution >= 0.6 is 47.0 Å². The lowest BCUT2D eigenvalue weighted by molar-refractivity contribution is 1.10. The molecular weight excluding hydrogens is 344 g/mol. The largest absolute Gasteiger partial charge is 0.108 e. The number of rotatable bonds is 3. The zero-order valence-electron chi connectivity index (χ0n) is 12.7. The van der Waals surface area contributed by atoms with E-state index in [0.29, 0.717) is 9.16 Å². The van der Waals surface area contributed by atoms with E-state index in [2.05, 4.69) is 97.3 Å². The van der Waals surface area contributed by atoms with Gasteiger partial charge in [0.25, 0.3) is 0 Å². The predicted molar refractivity (Wildman–Crippen MR) is 103 cm³/mol. The highest BCUT2D eigenvalue weighted by molar-refractivity contribution is 8.26.